The maximum Gasteiger partial charge on any atom is 0.254 e. The zero-order chi connectivity index (χ0) is 21.1. The summed E-state index contributed by atoms with van der Waals surface area (Å²) in [6, 6.07) is 0. The van der Waals surface area contributed by atoms with Crippen LogP contribution in [-0.2, 0) is 4.79 Å². The Morgan fingerprint density at radius 1 is 1.07 bits per heavy atom. The minimum absolute atomic E-state index is 0.0615. The van der Waals surface area contributed by atoms with Gasteiger partial charge in [-0.1, -0.05) is 78.1 Å². The van der Waals surface area contributed by atoms with E-state index in [-0.39, 0.29) is 5.91 Å². The van der Waals surface area contributed by atoms with Crippen molar-refractivity contribution in [3.05, 3.63) is 0 Å². The van der Waals surface area contributed by atoms with Gasteiger partial charge >= 0.3 is 0 Å². The van der Waals surface area contributed by atoms with Crippen molar-refractivity contribution in [1.82, 2.24) is 5.32 Å². The predicted molar refractivity (Wildman–Crippen MR) is 121 cm³/mol. The normalized spacial score (nSPS) is 26.1. The molecule has 0 radical (unpaired) electrons. The number of guanidine groups is 1. The van der Waals surface area contributed by atoms with Crippen LogP contribution in [0.25, 0.3) is 0 Å². The Morgan fingerprint density at radius 3 is 2.10 bits per heavy atom. The molecule has 1 aliphatic heterocycles. The number of hydrogen-bond donors (Lipinski definition) is 3. The molecule has 4 N–H and O–H groups in total. The fourth-order valence-electron chi connectivity index (χ4n) is 5.24. The molecular formula is C24H45N3O2. The zero-order valence-corrected chi connectivity index (χ0v) is 18.9. The number of aliphatic hydroxyl groups excluding tert-OH is 1. The van der Waals surface area contributed by atoms with Gasteiger partial charge in [0.05, 0.1) is 0 Å². The Bertz CT molecular complexity index is 508. The topological polar surface area (TPSA) is 87.7 Å². The summed E-state index contributed by atoms with van der Waals surface area (Å²) in [7, 11) is 0. The van der Waals surface area contributed by atoms with E-state index in [1.807, 2.05) is 0 Å². The van der Waals surface area contributed by atoms with Gasteiger partial charge in [-0.05, 0) is 49.9 Å². The highest BCUT2D eigenvalue weighted by atomic mass is 16.2. The molecule has 2 fully saturated rings. The molecule has 1 amide bonds. The van der Waals surface area contributed by atoms with Crippen LogP contribution in [0.2, 0.25) is 0 Å². The van der Waals surface area contributed by atoms with Gasteiger partial charge in [-0.2, -0.15) is 0 Å². The van der Waals surface area contributed by atoms with Crippen LogP contribution in [0, 0.1) is 17.8 Å². The Morgan fingerprint density at radius 2 is 1.66 bits per heavy atom. The first kappa shape index (κ1) is 24.2. The lowest BCUT2D eigenvalue weighted by Gasteiger charge is -2.32. The molecule has 3 rings (SSSR count). The van der Waals surface area contributed by atoms with Crippen molar-refractivity contribution < 1.29 is 9.90 Å². The average Bonchev–Trinajstić information content (AvgIpc) is 3.00. The van der Waals surface area contributed by atoms with Gasteiger partial charge in [0.1, 0.15) is 5.54 Å². The van der Waals surface area contributed by atoms with Crippen LogP contribution >= 0.6 is 0 Å². The van der Waals surface area contributed by atoms with E-state index in [1.165, 1.54) is 64.2 Å². The highest BCUT2D eigenvalue weighted by molar-refractivity contribution is 6.06. The van der Waals surface area contributed by atoms with E-state index in [2.05, 4.69) is 24.2 Å². The maximum absolute atomic E-state index is 12.5. The molecule has 168 valence electrons. The van der Waals surface area contributed by atoms with E-state index in [4.69, 9.17) is 10.8 Å². The van der Waals surface area contributed by atoms with Gasteiger partial charge < -0.3 is 10.8 Å². The minimum Gasteiger partial charge on any atom is -0.396 e. The number of amides is 1. The van der Waals surface area contributed by atoms with Gasteiger partial charge in [0.2, 0.25) is 0 Å². The van der Waals surface area contributed by atoms with Crippen LogP contribution in [0.5, 0.6) is 0 Å². The van der Waals surface area contributed by atoms with E-state index in [9.17, 15) is 4.79 Å². The minimum atomic E-state index is -0.552. The van der Waals surface area contributed by atoms with Crippen LogP contribution in [0.4, 0.5) is 0 Å². The number of aliphatic hydroxyl groups is 1. The zero-order valence-electron chi connectivity index (χ0n) is 18.9. The second-order valence-corrected chi connectivity index (χ2v) is 9.99. The van der Waals surface area contributed by atoms with Crippen molar-refractivity contribution in [2.24, 2.45) is 28.5 Å². The summed E-state index contributed by atoms with van der Waals surface area (Å²) >= 11 is 0. The number of nitrogens with one attached hydrogen (secondary N) is 1. The van der Waals surface area contributed by atoms with Crippen LogP contribution in [-0.4, -0.2) is 29.1 Å². The third-order valence-electron chi connectivity index (χ3n) is 6.98. The lowest BCUT2D eigenvalue weighted by Crippen LogP contribution is -2.42. The lowest BCUT2D eigenvalue weighted by atomic mass is 9.75. The molecule has 2 aliphatic carbocycles. The molecule has 5 heteroatoms. The van der Waals surface area contributed by atoms with E-state index in [1.54, 1.807) is 0 Å². The molecule has 0 aromatic rings. The first-order chi connectivity index (χ1) is 13.9. The Balaban J connectivity index is 0.000000370. The summed E-state index contributed by atoms with van der Waals surface area (Å²) < 4.78 is 0. The number of carbonyl (C=O) groups is 1. The van der Waals surface area contributed by atoms with E-state index >= 15 is 0 Å². The molecule has 0 aromatic carbocycles. The van der Waals surface area contributed by atoms with E-state index in [0.29, 0.717) is 18.5 Å². The molecule has 2 saturated carbocycles. The molecule has 1 atom stereocenters. The van der Waals surface area contributed by atoms with Gasteiger partial charge in [0, 0.05) is 6.61 Å². The van der Waals surface area contributed by atoms with Gasteiger partial charge in [0.15, 0.2) is 5.96 Å². The predicted octanol–water partition coefficient (Wildman–Crippen LogP) is 4.92. The summed E-state index contributed by atoms with van der Waals surface area (Å²) in [4.78, 5) is 17.2. The van der Waals surface area contributed by atoms with Crippen LogP contribution in [0.15, 0.2) is 4.99 Å². The second kappa shape index (κ2) is 12.6. The Kier molecular flexibility index (Phi) is 10.5. The molecule has 3 aliphatic rings. The molecule has 0 spiro atoms. The standard InChI is InChI=1S/C18H31N3O.C6H14O/c19-17-20-16(22)18(21-17,13-15-9-5-2-6-10-15)12-11-14-7-3-1-4-8-14;1-6(2)4-3-5-7/h14-15H,1-13H2,(H3,19,20,21,22);6-7H,3-5H2,1-2H3/t18-;/m1./s1. The summed E-state index contributed by atoms with van der Waals surface area (Å²) in [5.74, 6) is 2.59. The third kappa shape index (κ3) is 8.27. The number of hydrogen-bond acceptors (Lipinski definition) is 4. The molecule has 0 bridgehead atoms. The van der Waals surface area contributed by atoms with Gasteiger partial charge in [0.25, 0.3) is 5.91 Å². The smallest absolute Gasteiger partial charge is 0.254 e. The molecule has 29 heavy (non-hydrogen) atoms. The van der Waals surface area contributed by atoms with Crippen molar-refractivity contribution >= 4 is 11.9 Å². The highest BCUT2D eigenvalue weighted by Crippen LogP contribution is 2.38. The van der Waals surface area contributed by atoms with Crippen molar-refractivity contribution in [2.45, 2.75) is 116 Å². The van der Waals surface area contributed by atoms with Crippen molar-refractivity contribution in [3.8, 4) is 0 Å². The van der Waals surface area contributed by atoms with Crippen molar-refractivity contribution in [3.63, 3.8) is 0 Å². The maximum atomic E-state index is 12.5. The molecule has 1 heterocycles. The number of nitrogens with zero attached hydrogens (tertiary/aromatic N) is 1. The van der Waals surface area contributed by atoms with E-state index in [0.717, 1.165) is 43.9 Å². The fraction of sp³-hybridized carbons (Fsp3) is 0.917. The first-order valence-electron chi connectivity index (χ1n) is 12.2. The monoisotopic (exact) mass is 407 g/mol. The fourth-order valence-corrected chi connectivity index (χ4v) is 5.24. The SMILES string of the molecule is CC(C)CCCO.NC1=N[C@](CCC2CCCCC2)(CC2CCCCC2)C(=O)N1. The number of carbonyl (C=O) groups excluding carboxylic acids is 1. The van der Waals surface area contributed by atoms with Crippen LogP contribution in [0.3, 0.4) is 0 Å². The van der Waals surface area contributed by atoms with E-state index < -0.39 is 5.54 Å². The second-order valence-electron chi connectivity index (χ2n) is 9.99. The molecule has 0 unspecified atom stereocenters. The number of nitrogens with two attached hydrogens (primary N) is 1. The van der Waals surface area contributed by atoms with Crippen molar-refractivity contribution in [1.29, 1.82) is 0 Å². The number of rotatable bonds is 8. The molecular weight excluding hydrogens is 362 g/mol. The Hall–Kier alpha value is -1.10. The summed E-state index contributed by atoms with van der Waals surface area (Å²) in [5.41, 5.74) is 5.28. The van der Waals surface area contributed by atoms with Crippen LogP contribution < -0.4 is 11.1 Å². The lowest BCUT2D eigenvalue weighted by molar-refractivity contribution is -0.124. The number of aliphatic imine (C=N–C) groups is 1. The Labute approximate surface area is 178 Å². The van der Waals surface area contributed by atoms with Gasteiger partial charge in [-0.15, -0.1) is 0 Å². The summed E-state index contributed by atoms with van der Waals surface area (Å²) in [5, 5.41) is 11.1. The van der Waals surface area contributed by atoms with Gasteiger partial charge in [-0.25, -0.2) is 4.99 Å². The summed E-state index contributed by atoms with van der Waals surface area (Å²) in [6.45, 7) is 4.67. The molecule has 0 saturated heterocycles. The average molecular weight is 408 g/mol. The largest absolute Gasteiger partial charge is 0.396 e. The third-order valence-corrected chi connectivity index (χ3v) is 6.98. The van der Waals surface area contributed by atoms with Crippen molar-refractivity contribution in [2.75, 3.05) is 6.61 Å². The molecule has 5 nitrogen and oxygen atoms in total. The summed E-state index contributed by atoms with van der Waals surface area (Å²) in [6.07, 6.45) is 18.3. The first-order valence-corrected chi connectivity index (χ1v) is 12.2. The van der Waals surface area contributed by atoms with Gasteiger partial charge in [-0.3, -0.25) is 10.1 Å². The quantitative estimate of drug-likeness (QED) is 0.534. The van der Waals surface area contributed by atoms with Crippen LogP contribution in [0.1, 0.15) is 110 Å². The molecule has 0 aromatic heterocycles. The highest BCUT2D eigenvalue weighted by Gasteiger charge is 2.44.